The fourth-order valence-electron chi connectivity index (χ4n) is 3.77. The van der Waals surface area contributed by atoms with Gasteiger partial charge in [-0.15, -0.1) is 0 Å². The number of ether oxygens (including phenoxy) is 1. The number of rotatable bonds is 5. The molecule has 0 aliphatic carbocycles. The normalized spacial score (nSPS) is 24.8. The molecule has 2 fully saturated rings. The van der Waals surface area contributed by atoms with Crippen molar-refractivity contribution in [3.63, 3.8) is 0 Å². The Labute approximate surface area is 152 Å². The lowest BCUT2D eigenvalue weighted by Crippen LogP contribution is -2.45. The SMILES string of the molecule is CCCNC(=O)c1cccc(C(=O)N2C[C@H]3COCC[C@@]3(C(=O)O)C2)c1. The number of amides is 2. The maximum Gasteiger partial charge on any atom is 0.311 e. The van der Waals surface area contributed by atoms with Crippen LogP contribution in [-0.4, -0.2) is 60.6 Å². The van der Waals surface area contributed by atoms with Crippen LogP contribution >= 0.6 is 0 Å². The minimum absolute atomic E-state index is 0.182. The fourth-order valence-corrected chi connectivity index (χ4v) is 3.77. The predicted octanol–water partition coefficient (Wildman–Crippen LogP) is 1.39. The van der Waals surface area contributed by atoms with E-state index in [0.29, 0.717) is 43.9 Å². The summed E-state index contributed by atoms with van der Waals surface area (Å²) in [4.78, 5) is 38.5. The summed E-state index contributed by atoms with van der Waals surface area (Å²) in [5.41, 5.74) is -0.101. The molecular weight excluding hydrogens is 336 g/mol. The van der Waals surface area contributed by atoms with Crippen LogP contribution in [0.25, 0.3) is 0 Å². The number of hydrogen-bond acceptors (Lipinski definition) is 4. The number of nitrogens with one attached hydrogen (secondary N) is 1. The molecule has 1 aromatic rings. The van der Waals surface area contributed by atoms with E-state index in [1.165, 1.54) is 0 Å². The molecule has 2 atom stereocenters. The molecule has 2 aliphatic rings. The van der Waals surface area contributed by atoms with Gasteiger partial charge >= 0.3 is 5.97 Å². The second kappa shape index (κ2) is 7.45. The molecule has 2 amide bonds. The number of nitrogens with zero attached hydrogens (tertiary/aromatic N) is 1. The van der Waals surface area contributed by atoms with Crippen LogP contribution in [-0.2, 0) is 9.53 Å². The van der Waals surface area contributed by atoms with Gasteiger partial charge in [-0.3, -0.25) is 14.4 Å². The first-order valence-corrected chi connectivity index (χ1v) is 8.96. The van der Waals surface area contributed by atoms with Crippen molar-refractivity contribution in [3.8, 4) is 0 Å². The molecular formula is C19H24N2O5. The summed E-state index contributed by atoms with van der Waals surface area (Å²) in [6.07, 6.45) is 1.25. The van der Waals surface area contributed by atoms with Crippen molar-refractivity contribution in [1.82, 2.24) is 10.2 Å². The molecule has 0 unspecified atom stereocenters. The van der Waals surface area contributed by atoms with Crippen molar-refractivity contribution >= 4 is 17.8 Å². The van der Waals surface area contributed by atoms with Crippen LogP contribution in [0.3, 0.4) is 0 Å². The Morgan fingerprint density at radius 2 is 2.12 bits per heavy atom. The second-order valence-electron chi connectivity index (χ2n) is 7.01. The van der Waals surface area contributed by atoms with Crippen LogP contribution < -0.4 is 5.32 Å². The van der Waals surface area contributed by atoms with E-state index in [1.54, 1.807) is 29.2 Å². The third kappa shape index (κ3) is 3.31. The number of aliphatic carboxylic acids is 1. The van der Waals surface area contributed by atoms with E-state index in [0.717, 1.165) is 6.42 Å². The molecule has 7 heteroatoms. The van der Waals surface area contributed by atoms with Crippen molar-refractivity contribution in [3.05, 3.63) is 35.4 Å². The van der Waals surface area contributed by atoms with Crippen LogP contribution in [0.15, 0.2) is 24.3 Å². The molecule has 140 valence electrons. The van der Waals surface area contributed by atoms with Gasteiger partial charge in [-0.05, 0) is 31.0 Å². The first-order valence-electron chi connectivity index (χ1n) is 8.96. The Hall–Kier alpha value is -2.41. The summed E-state index contributed by atoms with van der Waals surface area (Å²) < 4.78 is 5.43. The molecule has 7 nitrogen and oxygen atoms in total. The number of fused-ring (bicyclic) bond motifs is 1. The molecule has 3 rings (SSSR count). The number of hydrogen-bond donors (Lipinski definition) is 2. The topological polar surface area (TPSA) is 95.9 Å². The van der Waals surface area contributed by atoms with Gasteiger partial charge in [-0.2, -0.15) is 0 Å². The van der Waals surface area contributed by atoms with Crippen molar-refractivity contribution in [2.45, 2.75) is 19.8 Å². The monoisotopic (exact) mass is 360 g/mol. The highest BCUT2D eigenvalue weighted by molar-refractivity contribution is 6.00. The summed E-state index contributed by atoms with van der Waals surface area (Å²) >= 11 is 0. The minimum atomic E-state index is -0.927. The van der Waals surface area contributed by atoms with Gasteiger partial charge in [0.05, 0.1) is 12.0 Å². The van der Waals surface area contributed by atoms with Crippen LogP contribution in [0.1, 0.15) is 40.5 Å². The minimum Gasteiger partial charge on any atom is -0.481 e. The largest absolute Gasteiger partial charge is 0.481 e. The van der Waals surface area contributed by atoms with Gasteiger partial charge in [0.25, 0.3) is 11.8 Å². The summed E-state index contributed by atoms with van der Waals surface area (Å²) in [6, 6.07) is 6.56. The summed E-state index contributed by atoms with van der Waals surface area (Å²) in [5, 5.41) is 12.5. The van der Waals surface area contributed by atoms with Gasteiger partial charge in [-0.25, -0.2) is 0 Å². The lowest BCUT2D eigenvalue weighted by molar-refractivity contribution is -0.157. The zero-order valence-electron chi connectivity index (χ0n) is 14.9. The smallest absolute Gasteiger partial charge is 0.311 e. The van der Waals surface area contributed by atoms with Gasteiger partial charge < -0.3 is 20.1 Å². The lowest BCUT2D eigenvalue weighted by Gasteiger charge is -2.33. The zero-order chi connectivity index (χ0) is 18.7. The molecule has 2 N–H and O–H groups in total. The average Bonchev–Trinajstić information content (AvgIpc) is 3.06. The molecule has 2 saturated heterocycles. The summed E-state index contributed by atoms with van der Waals surface area (Å²) in [6.45, 7) is 3.84. The lowest BCUT2D eigenvalue weighted by atomic mass is 9.74. The van der Waals surface area contributed by atoms with Gasteiger partial charge in [-0.1, -0.05) is 13.0 Å². The molecule has 1 aromatic carbocycles. The first-order chi connectivity index (χ1) is 12.5. The van der Waals surface area contributed by atoms with E-state index in [9.17, 15) is 19.5 Å². The number of carboxylic acids is 1. The molecule has 0 bridgehead atoms. The highest BCUT2D eigenvalue weighted by atomic mass is 16.5. The summed E-state index contributed by atoms with van der Waals surface area (Å²) in [7, 11) is 0. The predicted molar refractivity (Wildman–Crippen MR) is 94.0 cm³/mol. The maximum atomic E-state index is 12.9. The quantitative estimate of drug-likeness (QED) is 0.827. The van der Waals surface area contributed by atoms with Gasteiger partial charge in [0.1, 0.15) is 0 Å². The molecule has 0 saturated carbocycles. The molecule has 0 radical (unpaired) electrons. The average molecular weight is 360 g/mol. The number of likely N-dealkylation sites (tertiary alicyclic amines) is 1. The van der Waals surface area contributed by atoms with Gasteiger partial charge in [0.2, 0.25) is 0 Å². The Morgan fingerprint density at radius 1 is 1.35 bits per heavy atom. The molecule has 2 aliphatic heterocycles. The molecule has 2 heterocycles. The fraction of sp³-hybridized carbons (Fsp3) is 0.526. The maximum absolute atomic E-state index is 12.9. The van der Waals surface area contributed by atoms with Crippen LogP contribution in [0, 0.1) is 11.3 Å². The van der Waals surface area contributed by atoms with Crippen molar-refractivity contribution in [2.24, 2.45) is 11.3 Å². The third-order valence-corrected chi connectivity index (χ3v) is 5.33. The van der Waals surface area contributed by atoms with E-state index in [4.69, 9.17) is 4.74 Å². The zero-order valence-corrected chi connectivity index (χ0v) is 14.9. The number of carboxylic acid groups (broad SMARTS) is 1. The van der Waals surface area contributed by atoms with Crippen LogP contribution in [0.2, 0.25) is 0 Å². The van der Waals surface area contributed by atoms with Crippen LogP contribution in [0.4, 0.5) is 0 Å². The standard InChI is InChI=1S/C19H24N2O5/c1-2-7-20-16(22)13-4-3-5-14(9-13)17(23)21-10-15-11-26-8-6-19(15,12-21)18(24)25/h3-5,9,15H,2,6-8,10-12H2,1H3,(H,20,22)(H,24,25)/t15-,19+/m0/s1. The second-order valence-corrected chi connectivity index (χ2v) is 7.01. The third-order valence-electron chi connectivity index (χ3n) is 5.33. The number of carbonyl (C=O) groups is 3. The molecule has 26 heavy (non-hydrogen) atoms. The molecule has 0 aromatic heterocycles. The number of carbonyl (C=O) groups excluding carboxylic acids is 2. The van der Waals surface area contributed by atoms with E-state index in [1.807, 2.05) is 6.92 Å². The van der Waals surface area contributed by atoms with Crippen molar-refractivity contribution in [1.29, 1.82) is 0 Å². The van der Waals surface area contributed by atoms with E-state index in [2.05, 4.69) is 5.32 Å². The Kier molecular flexibility index (Phi) is 5.27. The van der Waals surface area contributed by atoms with E-state index in [-0.39, 0.29) is 24.3 Å². The Balaban J connectivity index is 1.78. The van der Waals surface area contributed by atoms with E-state index >= 15 is 0 Å². The van der Waals surface area contributed by atoms with Crippen molar-refractivity contribution < 1.29 is 24.2 Å². The first kappa shape index (κ1) is 18.4. The van der Waals surface area contributed by atoms with Gasteiger partial charge in [0, 0.05) is 43.3 Å². The Bertz CT molecular complexity index is 720. The van der Waals surface area contributed by atoms with Crippen LogP contribution in [0.5, 0.6) is 0 Å². The highest BCUT2D eigenvalue weighted by Gasteiger charge is 2.54. The van der Waals surface area contributed by atoms with E-state index < -0.39 is 11.4 Å². The Morgan fingerprint density at radius 3 is 2.81 bits per heavy atom. The summed E-state index contributed by atoms with van der Waals surface area (Å²) in [5.74, 6) is -1.53. The van der Waals surface area contributed by atoms with Crippen molar-refractivity contribution in [2.75, 3.05) is 32.8 Å². The van der Waals surface area contributed by atoms with Gasteiger partial charge in [0.15, 0.2) is 0 Å². The molecule has 0 spiro atoms. The highest BCUT2D eigenvalue weighted by Crippen LogP contribution is 2.42. The number of benzene rings is 1.